The average molecular weight is 326 g/mol. The summed E-state index contributed by atoms with van der Waals surface area (Å²) in [5, 5.41) is 12.5. The van der Waals surface area contributed by atoms with Crippen molar-refractivity contribution in [3.63, 3.8) is 0 Å². The van der Waals surface area contributed by atoms with Crippen molar-refractivity contribution in [2.75, 3.05) is 11.9 Å². The molecule has 3 rings (SSSR count). The van der Waals surface area contributed by atoms with E-state index in [1.54, 1.807) is 0 Å². The van der Waals surface area contributed by atoms with Crippen LogP contribution in [0.5, 0.6) is 5.75 Å². The third-order valence-corrected chi connectivity index (χ3v) is 4.48. The number of nitrogens with one attached hydrogen (secondary N) is 1. The molecule has 0 saturated heterocycles. The van der Waals surface area contributed by atoms with Crippen LogP contribution in [0, 0.1) is 11.3 Å². The topological polar surface area (TPSA) is 89.0 Å². The Morgan fingerprint density at radius 2 is 2.00 bits per heavy atom. The van der Waals surface area contributed by atoms with Gasteiger partial charge >= 0.3 is 5.69 Å². The van der Waals surface area contributed by atoms with Gasteiger partial charge in [-0.05, 0) is 13.0 Å². The summed E-state index contributed by atoms with van der Waals surface area (Å²) in [6, 6.07) is 9.55. The summed E-state index contributed by atoms with van der Waals surface area (Å²) < 4.78 is 7.91. The maximum absolute atomic E-state index is 12.2. The fourth-order valence-corrected chi connectivity index (χ4v) is 3.03. The van der Waals surface area contributed by atoms with Gasteiger partial charge in [0.05, 0.1) is 6.61 Å². The summed E-state index contributed by atoms with van der Waals surface area (Å²) in [6.45, 7) is 2.45. The lowest BCUT2D eigenvalue weighted by Gasteiger charge is -2.23. The number of rotatable bonds is 3. The minimum atomic E-state index is -0.599. The minimum absolute atomic E-state index is 0.0619. The van der Waals surface area contributed by atoms with Gasteiger partial charge in [0.15, 0.2) is 5.56 Å². The van der Waals surface area contributed by atoms with Gasteiger partial charge in [0.1, 0.15) is 17.6 Å². The van der Waals surface area contributed by atoms with E-state index in [1.165, 1.54) is 18.7 Å². The van der Waals surface area contributed by atoms with Gasteiger partial charge in [-0.3, -0.25) is 13.9 Å². The van der Waals surface area contributed by atoms with Gasteiger partial charge in [-0.2, -0.15) is 5.26 Å². The standard InChI is InChI=1S/C17H18N4O3/c1-10(13-9-24-14-7-5-4-6-11(13)14)19-15-12(8-18)16(22)21(3)17(23)20(15)2/h4-7,10,13,19H,9H2,1-3H3. The van der Waals surface area contributed by atoms with Gasteiger partial charge in [-0.25, -0.2) is 4.79 Å². The Morgan fingerprint density at radius 3 is 2.71 bits per heavy atom. The predicted octanol–water partition coefficient (Wildman–Crippen LogP) is 0.932. The molecule has 0 spiro atoms. The van der Waals surface area contributed by atoms with Crippen LogP contribution in [-0.4, -0.2) is 21.8 Å². The molecule has 1 N–H and O–H groups in total. The van der Waals surface area contributed by atoms with Crippen molar-refractivity contribution in [2.24, 2.45) is 14.1 Å². The third kappa shape index (κ3) is 2.36. The highest BCUT2D eigenvalue weighted by Crippen LogP contribution is 2.36. The Balaban J connectivity index is 2.00. The quantitative estimate of drug-likeness (QED) is 0.906. The van der Waals surface area contributed by atoms with Crippen LogP contribution >= 0.6 is 0 Å². The Hall–Kier alpha value is -3.01. The second kappa shape index (κ2) is 5.89. The van der Waals surface area contributed by atoms with E-state index < -0.39 is 11.2 Å². The molecule has 2 heterocycles. The smallest absolute Gasteiger partial charge is 0.332 e. The van der Waals surface area contributed by atoms with Crippen LogP contribution in [0.1, 0.15) is 24.0 Å². The van der Waals surface area contributed by atoms with E-state index in [-0.39, 0.29) is 23.3 Å². The van der Waals surface area contributed by atoms with Gasteiger partial charge in [0.2, 0.25) is 0 Å². The summed E-state index contributed by atoms with van der Waals surface area (Å²) in [6.07, 6.45) is 0. The van der Waals surface area contributed by atoms with Crippen LogP contribution in [0.25, 0.3) is 0 Å². The van der Waals surface area contributed by atoms with Crippen molar-refractivity contribution in [2.45, 2.75) is 18.9 Å². The minimum Gasteiger partial charge on any atom is -0.493 e. The van der Waals surface area contributed by atoms with Crippen molar-refractivity contribution in [1.82, 2.24) is 9.13 Å². The number of hydrogen-bond acceptors (Lipinski definition) is 5. The van der Waals surface area contributed by atoms with Crippen molar-refractivity contribution in [3.8, 4) is 11.8 Å². The van der Waals surface area contributed by atoms with Crippen molar-refractivity contribution < 1.29 is 4.74 Å². The number of fused-ring (bicyclic) bond motifs is 1. The number of benzene rings is 1. The number of hydrogen-bond donors (Lipinski definition) is 1. The summed E-state index contributed by atoms with van der Waals surface area (Å²) >= 11 is 0. The van der Waals surface area contributed by atoms with E-state index in [9.17, 15) is 14.9 Å². The highest BCUT2D eigenvalue weighted by Gasteiger charge is 2.30. The third-order valence-electron chi connectivity index (χ3n) is 4.48. The Bertz CT molecular complexity index is 952. The summed E-state index contributed by atoms with van der Waals surface area (Å²) in [7, 11) is 2.90. The van der Waals surface area contributed by atoms with Gasteiger partial charge in [-0.15, -0.1) is 0 Å². The normalized spacial score (nSPS) is 16.8. The molecule has 2 atom stereocenters. The number of nitrogens with zero attached hydrogens (tertiary/aromatic N) is 3. The van der Waals surface area contributed by atoms with Crippen molar-refractivity contribution in [3.05, 3.63) is 56.2 Å². The zero-order valence-corrected chi connectivity index (χ0v) is 13.7. The molecule has 0 radical (unpaired) electrons. The Morgan fingerprint density at radius 1 is 1.29 bits per heavy atom. The summed E-state index contributed by atoms with van der Waals surface area (Å²) in [5.41, 5.74) is -0.0707. The maximum Gasteiger partial charge on any atom is 0.332 e. The van der Waals surface area contributed by atoms with E-state index in [2.05, 4.69) is 5.32 Å². The number of ether oxygens (including phenoxy) is 1. The fourth-order valence-electron chi connectivity index (χ4n) is 3.03. The lowest BCUT2D eigenvalue weighted by Crippen LogP contribution is -2.41. The number of aromatic nitrogens is 2. The molecule has 0 aliphatic carbocycles. The molecule has 1 aliphatic rings. The van der Waals surface area contributed by atoms with Crippen LogP contribution in [0.3, 0.4) is 0 Å². The van der Waals surface area contributed by atoms with E-state index in [4.69, 9.17) is 4.74 Å². The molecular weight excluding hydrogens is 308 g/mol. The maximum atomic E-state index is 12.2. The molecular formula is C17H18N4O3. The predicted molar refractivity (Wildman–Crippen MR) is 89.4 cm³/mol. The Labute approximate surface area is 138 Å². The second-order valence-electron chi connectivity index (χ2n) is 5.93. The molecule has 1 aromatic carbocycles. The van der Waals surface area contributed by atoms with E-state index in [0.29, 0.717) is 6.61 Å². The molecule has 2 unspecified atom stereocenters. The number of nitriles is 1. The first-order valence-electron chi connectivity index (χ1n) is 7.64. The van der Waals surface area contributed by atoms with Crippen molar-refractivity contribution in [1.29, 1.82) is 5.26 Å². The van der Waals surface area contributed by atoms with Crippen LogP contribution in [-0.2, 0) is 14.1 Å². The molecule has 1 aliphatic heterocycles. The van der Waals surface area contributed by atoms with E-state index >= 15 is 0 Å². The van der Waals surface area contributed by atoms with Gasteiger partial charge in [-0.1, -0.05) is 18.2 Å². The van der Waals surface area contributed by atoms with Crippen LogP contribution in [0.15, 0.2) is 33.9 Å². The van der Waals surface area contributed by atoms with Crippen molar-refractivity contribution >= 4 is 5.82 Å². The molecule has 2 aromatic rings. The lowest BCUT2D eigenvalue weighted by atomic mass is 9.94. The van der Waals surface area contributed by atoms with Gasteiger partial charge in [0, 0.05) is 31.6 Å². The van der Waals surface area contributed by atoms with Crippen LogP contribution in [0.2, 0.25) is 0 Å². The van der Waals surface area contributed by atoms with E-state index in [0.717, 1.165) is 15.9 Å². The Kier molecular flexibility index (Phi) is 3.89. The molecule has 24 heavy (non-hydrogen) atoms. The highest BCUT2D eigenvalue weighted by atomic mass is 16.5. The monoisotopic (exact) mass is 326 g/mol. The summed E-state index contributed by atoms with van der Waals surface area (Å²) in [4.78, 5) is 24.3. The first-order chi connectivity index (χ1) is 11.5. The number of anilines is 1. The zero-order valence-electron chi connectivity index (χ0n) is 13.7. The van der Waals surface area contributed by atoms with Crippen LogP contribution in [0.4, 0.5) is 5.82 Å². The van der Waals surface area contributed by atoms with Gasteiger partial charge in [0.25, 0.3) is 5.56 Å². The zero-order chi connectivity index (χ0) is 17.4. The molecule has 0 bridgehead atoms. The molecule has 0 amide bonds. The van der Waals surface area contributed by atoms with Gasteiger partial charge < -0.3 is 10.1 Å². The second-order valence-corrected chi connectivity index (χ2v) is 5.93. The lowest BCUT2D eigenvalue weighted by molar-refractivity contribution is 0.321. The number of para-hydroxylation sites is 1. The SMILES string of the molecule is CC(Nc1c(C#N)c(=O)n(C)c(=O)n1C)C1COc2ccccc21. The molecule has 124 valence electrons. The first-order valence-corrected chi connectivity index (χ1v) is 7.64. The van der Waals surface area contributed by atoms with E-state index in [1.807, 2.05) is 37.3 Å². The summed E-state index contributed by atoms with van der Waals surface area (Å²) in [5.74, 6) is 1.14. The molecule has 0 fully saturated rings. The molecule has 7 heteroatoms. The molecule has 0 saturated carbocycles. The van der Waals surface area contributed by atoms with Crippen LogP contribution < -0.4 is 21.3 Å². The molecule has 1 aromatic heterocycles. The fraction of sp³-hybridized carbons (Fsp3) is 0.353. The first kappa shape index (κ1) is 15.9. The highest BCUT2D eigenvalue weighted by molar-refractivity contribution is 5.53. The molecule has 7 nitrogen and oxygen atoms in total. The average Bonchev–Trinajstić information content (AvgIpc) is 3.02. The largest absolute Gasteiger partial charge is 0.493 e.